The van der Waals surface area contributed by atoms with E-state index in [1.54, 1.807) is 0 Å². The summed E-state index contributed by atoms with van der Waals surface area (Å²) in [5, 5.41) is 3.06. The van der Waals surface area contributed by atoms with E-state index in [-0.39, 0.29) is 6.03 Å². The van der Waals surface area contributed by atoms with E-state index in [4.69, 9.17) is 0 Å². The fraction of sp³-hybridized carbons (Fsp3) is 0.900. The molecule has 2 amide bonds. The molecule has 1 aliphatic heterocycles. The molecule has 1 unspecified atom stereocenters. The van der Waals surface area contributed by atoms with Crippen LogP contribution in [0, 0.1) is 0 Å². The van der Waals surface area contributed by atoms with Gasteiger partial charge in [0.25, 0.3) is 0 Å². The lowest BCUT2D eigenvalue weighted by Crippen LogP contribution is -2.45. The number of carbonyl (C=O) groups is 1. The maximum Gasteiger partial charge on any atom is 0.317 e. The zero-order valence-corrected chi connectivity index (χ0v) is 9.42. The molecule has 0 aliphatic carbocycles. The van der Waals surface area contributed by atoms with Crippen LogP contribution < -0.4 is 5.32 Å². The molecular formula is C10H21N3O. The predicted molar refractivity (Wildman–Crippen MR) is 57.4 cm³/mol. The first-order chi connectivity index (χ1) is 6.67. The first kappa shape index (κ1) is 11.3. The summed E-state index contributed by atoms with van der Waals surface area (Å²) in [6.45, 7) is 7.64. The first-order valence-corrected chi connectivity index (χ1v) is 5.41. The zero-order chi connectivity index (χ0) is 10.6. The van der Waals surface area contributed by atoms with Crippen LogP contribution in [0.2, 0.25) is 0 Å². The summed E-state index contributed by atoms with van der Waals surface area (Å²) < 4.78 is 0. The van der Waals surface area contributed by atoms with Crippen molar-refractivity contribution in [3.63, 3.8) is 0 Å². The molecule has 1 saturated heterocycles. The van der Waals surface area contributed by atoms with E-state index in [9.17, 15) is 4.79 Å². The van der Waals surface area contributed by atoms with E-state index < -0.39 is 0 Å². The van der Waals surface area contributed by atoms with Crippen molar-refractivity contribution in [3.05, 3.63) is 0 Å². The van der Waals surface area contributed by atoms with Gasteiger partial charge in [0.1, 0.15) is 0 Å². The van der Waals surface area contributed by atoms with Crippen LogP contribution in [-0.4, -0.2) is 55.1 Å². The summed E-state index contributed by atoms with van der Waals surface area (Å²) in [6, 6.07) is 0.420. The Hall–Kier alpha value is -0.770. The third-order valence-electron chi connectivity index (χ3n) is 2.77. The molecule has 0 bridgehead atoms. The Morgan fingerprint density at radius 3 is 2.57 bits per heavy atom. The second kappa shape index (κ2) is 5.20. The lowest BCUT2D eigenvalue weighted by Gasteiger charge is -2.22. The van der Waals surface area contributed by atoms with E-state index in [0.29, 0.717) is 6.04 Å². The maximum absolute atomic E-state index is 11.7. The second-order valence-corrected chi connectivity index (χ2v) is 3.87. The molecule has 1 aliphatic rings. The molecule has 0 aromatic heterocycles. The van der Waals surface area contributed by atoms with Crippen molar-refractivity contribution >= 4 is 6.03 Å². The minimum absolute atomic E-state index is 0.0790. The number of nitrogens with zero attached hydrogens (tertiary/aromatic N) is 2. The van der Waals surface area contributed by atoms with Gasteiger partial charge in [0.05, 0.1) is 0 Å². The van der Waals surface area contributed by atoms with Crippen LogP contribution in [0.4, 0.5) is 4.79 Å². The van der Waals surface area contributed by atoms with Gasteiger partial charge in [0, 0.05) is 25.7 Å². The lowest BCUT2D eigenvalue weighted by molar-refractivity contribution is 0.199. The number of rotatable bonds is 3. The molecule has 1 atom stereocenters. The number of nitrogens with one attached hydrogen (secondary N) is 1. The van der Waals surface area contributed by atoms with Gasteiger partial charge in [0.2, 0.25) is 0 Å². The van der Waals surface area contributed by atoms with Gasteiger partial charge < -0.3 is 15.1 Å². The van der Waals surface area contributed by atoms with E-state index in [1.807, 2.05) is 18.7 Å². The van der Waals surface area contributed by atoms with Gasteiger partial charge in [-0.1, -0.05) is 0 Å². The summed E-state index contributed by atoms with van der Waals surface area (Å²) in [7, 11) is 2.09. The van der Waals surface area contributed by atoms with Crippen LogP contribution in [0.5, 0.6) is 0 Å². The van der Waals surface area contributed by atoms with Gasteiger partial charge in [-0.2, -0.15) is 0 Å². The van der Waals surface area contributed by atoms with Gasteiger partial charge in [0.15, 0.2) is 0 Å². The average molecular weight is 199 g/mol. The van der Waals surface area contributed by atoms with E-state index >= 15 is 0 Å². The number of carbonyl (C=O) groups excluding carboxylic acids is 1. The highest BCUT2D eigenvalue weighted by molar-refractivity contribution is 5.74. The lowest BCUT2D eigenvalue weighted by atomic mass is 10.3. The van der Waals surface area contributed by atoms with Crippen molar-refractivity contribution in [1.29, 1.82) is 0 Å². The number of amides is 2. The highest BCUT2D eigenvalue weighted by Crippen LogP contribution is 2.06. The Bertz CT molecular complexity index is 192. The zero-order valence-electron chi connectivity index (χ0n) is 9.42. The molecule has 1 fully saturated rings. The third-order valence-corrected chi connectivity index (χ3v) is 2.77. The maximum atomic E-state index is 11.7. The Morgan fingerprint density at radius 1 is 1.50 bits per heavy atom. The molecular weight excluding hydrogens is 178 g/mol. The number of urea groups is 1. The molecule has 4 heteroatoms. The normalized spacial score (nSPS) is 22.4. The SMILES string of the molecule is CCN(CC)C(=O)NC1CCN(C)C1. The van der Waals surface area contributed by atoms with Crippen molar-refractivity contribution in [2.75, 3.05) is 33.2 Å². The van der Waals surface area contributed by atoms with Gasteiger partial charge in [-0.05, 0) is 33.9 Å². The largest absolute Gasteiger partial charge is 0.334 e. The molecule has 1 N–H and O–H groups in total. The average Bonchev–Trinajstić information content (AvgIpc) is 2.53. The third kappa shape index (κ3) is 2.87. The van der Waals surface area contributed by atoms with Crippen molar-refractivity contribution < 1.29 is 4.79 Å². The summed E-state index contributed by atoms with van der Waals surface area (Å²) in [4.78, 5) is 15.7. The monoisotopic (exact) mass is 199 g/mol. The summed E-state index contributed by atoms with van der Waals surface area (Å²) in [6.07, 6.45) is 1.07. The van der Waals surface area contributed by atoms with Crippen molar-refractivity contribution in [3.8, 4) is 0 Å². The summed E-state index contributed by atoms with van der Waals surface area (Å²) in [5.74, 6) is 0. The molecule has 1 rings (SSSR count). The minimum atomic E-state index is 0.0790. The van der Waals surface area contributed by atoms with Crippen LogP contribution in [0.25, 0.3) is 0 Å². The standard InChI is InChI=1S/C10H21N3O/c1-4-13(5-2)10(14)11-9-6-7-12(3)8-9/h9H,4-8H2,1-3H3,(H,11,14). The van der Waals surface area contributed by atoms with Crippen LogP contribution in [0.15, 0.2) is 0 Å². The van der Waals surface area contributed by atoms with E-state index in [0.717, 1.165) is 32.6 Å². The topological polar surface area (TPSA) is 35.6 Å². The molecule has 4 nitrogen and oxygen atoms in total. The van der Waals surface area contributed by atoms with Crippen LogP contribution in [0.1, 0.15) is 20.3 Å². The van der Waals surface area contributed by atoms with Crippen molar-refractivity contribution in [2.24, 2.45) is 0 Å². The van der Waals surface area contributed by atoms with Gasteiger partial charge >= 0.3 is 6.03 Å². The van der Waals surface area contributed by atoms with Gasteiger partial charge in [-0.25, -0.2) is 4.79 Å². The molecule has 14 heavy (non-hydrogen) atoms. The summed E-state index contributed by atoms with van der Waals surface area (Å²) >= 11 is 0. The molecule has 0 aromatic carbocycles. The number of likely N-dealkylation sites (tertiary alicyclic amines) is 1. The molecule has 0 saturated carbocycles. The number of hydrogen-bond donors (Lipinski definition) is 1. The molecule has 1 heterocycles. The highest BCUT2D eigenvalue weighted by Gasteiger charge is 2.22. The smallest absolute Gasteiger partial charge is 0.317 e. The number of hydrogen-bond acceptors (Lipinski definition) is 2. The van der Waals surface area contributed by atoms with E-state index in [2.05, 4.69) is 17.3 Å². The second-order valence-electron chi connectivity index (χ2n) is 3.87. The fourth-order valence-electron chi connectivity index (χ4n) is 1.83. The molecule has 82 valence electrons. The number of likely N-dealkylation sites (N-methyl/N-ethyl adjacent to an activating group) is 1. The van der Waals surface area contributed by atoms with Gasteiger partial charge in [-0.3, -0.25) is 0 Å². The van der Waals surface area contributed by atoms with Crippen molar-refractivity contribution in [2.45, 2.75) is 26.3 Å². The van der Waals surface area contributed by atoms with Crippen LogP contribution in [0.3, 0.4) is 0 Å². The fourth-order valence-corrected chi connectivity index (χ4v) is 1.83. The van der Waals surface area contributed by atoms with Crippen molar-refractivity contribution in [1.82, 2.24) is 15.1 Å². The molecule has 0 radical (unpaired) electrons. The Balaban J connectivity index is 2.32. The highest BCUT2D eigenvalue weighted by atomic mass is 16.2. The Kier molecular flexibility index (Phi) is 4.20. The van der Waals surface area contributed by atoms with E-state index in [1.165, 1.54) is 0 Å². The quantitative estimate of drug-likeness (QED) is 0.727. The Labute approximate surface area is 86.2 Å². The molecule has 0 spiro atoms. The van der Waals surface area contributed by atoms with Crippen LogP contribution >= 0.6 is 0 Å². The summed E-state index contributed by atoms with van der Waals surface area (Å²) in [5.41, 5.74) is 0. The van der Waals surface area contributed by atoms with Crippen LogP contribution in [-0.2, 0) is 0 Å². The van der Waals surface area contributed by atoms with Gasteiger partial charge in [-0.15, -0.1) is 0 Å². The first-order valence-electron chi connectivity index (χ1n) is 5.41. The minimum Gasteiger partial charge on any atom is -0.334 e. The predicted octanol–water partition coefficient (Wildman–Crippen LogP) is 0.742. The Morgan fingerprint density at radius 2 is 2.14 bits per heavy atom. The molecule has 0 aromatic rings.